The summed E-state index contributed by atoms with van der Waals surface area (Å²) in [6, 6.07) is 3.76. The average Bonchev–Trinajstić information content (AvgIpc) is 2.72. The van der Waals surface area contributed by atoms with E-state index in [1.165, 1.54) is 0 Å². The molecule has 1 atom stereocenters. The number of nitrogens with zero attached hydrogens (tertiary/aromatic N) is 2. The molecule has 6 nitrogen and oxygen atoms in total. The van der Waals surface area contributed by atoms with Gasteiger partial charge < -0.3 is 15.8 Å². The number of carbonyl (C=O) groups excluding carboxylic acids is 1. The summed E-state index contributed by atoms with van der Waals surface area (Å²) in [6.07, 6.45) is 1.76. The number of hydrogen-bond donors (Lipinski definition) is 2. The summed E-state index contributed by atoms with van der Waals surface area (Å²) in [5, 5.41) is 8.09. The van der Waals surface area contributed by atoms with Crippen molar-refractivity contribution in [1.82, 2.24) is 9.78 Å². The van der Waals surface area contributed by atoms with E-state index in [1.54, 1.807) is 10.9 Å². The van der Waals surface area contributed by atoms with Gasteiger partial charge in [-0.15, -0.1) is 12.4 Å². The first-order valence-corrected chi connectivity index (χ1v) is 5.82. The van der Waals surface area contributed by atoms with Crippen molar-refractivity contribution in [2.75, 3.05) is 11.9 Å². The summed E-state index contributed by atoms with van der Waals surface area (Å²) in [5.74, 6) is 0.525. The minimum atomic E-state index is -0.149. The highest BCUT2D eigenvalue weighted by atomic mass is 35.5. The molecule has 0 unspecified atom stereocenters. The SMILES string of the molecule is C[C@H](N)Cn1ncc2ccc3c(c21)NC(=O)CO3.Cl. The van der Waals surface area contributed by atoms with Gasteiger partial charge in [-0.25, -0.2) is 0 Å². The summed E-state index contributed by atoms with van der Waals surface area (Å²) in [4.78, 5) is 11.4. The van der Waals surface area contributed by atoms with Crippen LogP contribution in [0.15, 0.2) is 18.3 Å². The third-order valence-corrected chi connectivity index (χ3v) is 2.85. The number of ether oxygens (including phenoxy) is 1. The molecule has 1 aliphatic rings. The molecule has 0 fully saturated rings. The van der Waals surface area contributed by atoms with Gasteiger partial charge in [0.2, 0.25) is 0 Å². The Morgan fingerprint density at radius 3 is 3.11 bits per heavy atom. The van der Waals surface area contributed by atoms with Crippen molar-refractivity contribution in [2.24, 2.45) is 5.73 Å². The first kappa shape index (κ1) is 13.6. The Kier molecular flexibility index (Phi) is 3.64. The van der Waals surface area contributed by atoms with Gasteiger partial charge in [-0.05, 0) is 19.1 Å². The Balaban J connectivity index is 0.00000133. The standard InChI is InChI=1S/C12H14N4O2.ClH/c1-7(13)5-16-12-8(4-14-16)2-3-9-11(12)15-10(17)6-18-9;/h2-4,7H,5-6,13H2,1H3,(H,15,17);1H/t7-;/m0./s1. The highest BCUT2D eigenvalue weighted by Crippen LogP contribution is 2.35. The summed E-state index contributed by atoms with van der Waals surface area (Å²) >= 11 is 0. The second-order valence-corrected chi connectivity index (χ2v) is 4.52. The number of nitrogens with one attached hydrogen (secondary N) is 1. The molecular weight excluding hydrogens is 268 g/mol. The zero-order valence-corrected chi connectivity index (χ0v) is 11.2. The van der Waals surface area contributed by atoms with Crippen molar-refractivity contribution in [3.63, 3.8) is 0 Å². The van der Waals surface area contributed by atoms with Gasteiger partial charge in [-0.1, -0.05) is 0 Å². The average molecular weight is 283 g/mol. The molecule has 0 aliphatic carbocycles. The lowest BCUT2D eigenvalue weighted by atomic mass is 10.2. The molecule has 19 heavy (non-hydrogen) atoms. The number of hydrogen-bond acceptors (Lipinski definition) is 4. The highest BCUT2D eigenvalue weighted by molar-refractivity contribution is 6.05. The fourth-order valence-corrected chi connectivity index (χ4v) is 2.13. The van der Waals surface area contributed by atoms with Crippen LogP contribution >= 0.6 is 12.4 Å². The molecule has 2 aromatic rings. The predicted molar refractivity (Wildman–Crippen MR) is 74.8 cm³/mol. The van der Waals surface area contributed by atoms with Crippen molar-refractivity contribution in [3.8, 4) is 5.75 Å². The molecule has 1 aliphatic heterocycles. The van der Waals surface area contributed by atoms with Gasteiger partial charge in [-0.2, -0.15) is 5.10 Å². The normalized spacial score (nSPS) is 15.2. The summed E-state index contributed by atoms with van der Waals surface area (Å²) in [5.41, 5.74) is 7.34. The lowest BCUT2D eigenvalue weighted by Gasteiger charge is -2.19. The van der Waals surface area contributed by atoms with Gasteiger partial charge in [0, 0.05) is 11.4 Å². The number of halogens is 1. The zero-order chi connectivity index (χ0) is 12.7. The van der Waals surface area contributed by atoms with Crippen LogP contribution in [0.3, 0.4) is 0 Å². The van der Waals surface area contributed by atoms with Crippen LogP contribution in [0.1, 0.15) is 6.92 Å². The summed E-state index contributed by atoms with van der Waals surface area (Å²) in [7, 11) is 0. The van der Waals surface area contributed by atoms with Crippen molar-refractivity contribution in [3.05, 3.63) is 18.3 Å². The third kappa shape index (κ3) is 2.36. The fourth-order valence-electron chi connectivity index (χ4n) is 2.13. The summed E-state index contributed by atoms with van der Waals surface area (Å²) < 4.78 is 7.19. The van der Waals surface area contributed by atoms with Gasteiger partial charge in [-0.3, -0.25) is 9.48 Å². The molecular formula is C12H15ClN4O2. The van der Waals surface area contributed by atoms with E-state index in [2.05, 4.69) is 10.4 Å². The number of rotatable bonds is 2. The first-order valence-electron chi connectivity index (χ1n) is 5.82. The molecule has 7 heteroatoms. The number of aromatic nitrogens is 2. The van der Waals surface area contributed by atoms with Crippen molar-refractivity contribution < 1.29 is 9.53 Å². The molecule has 1 aromatic carbocycles. The number of carbonyl (C=O) groups is 1. The quantitative estimate of drug-likeness (QED) is 0.865. The van der Waals surface area contributed by atoms with E-state index in [0.717, 1.165) is 10.9 Å². The van der Waals surface area contributed by atoms with Crippen molar-refractivity contribution in [1.29, 1.82) is 0 Å². The van der Waals surface area contributed by atoms with Crippen LogP contribution in [0.4, 0.5) is 5.69 Å². The molecule has 1 aromatic heterocycles. The van der Waals surface area contributed by atoms with Crippen LogP contribution in [0, 0.1) is 0 Å². The lowest BCUT2D eigenvalue weighted by molar-refractivity contribution is -0.118. The van der Waals surface area contributed by atoms with Gasteiger partial charge >= 0.3 is 0 Å². The van der Waals surface area contributed by atoms with Crippen LogP contribution in [-0.4, -0.2) is 28.3 Å². The minimum absolute atomic E-state index is 0. The van der Waals surface area contributed by atoms with Crippen LogP contribution in [0.5, 0.6) is 5.75 Å². The maximum atomic E-state index is 11.4. The van der Waals surface area contributed by atoms with E-state index in [9.17, 15) is 4.79 Å². The van der Waals surface area contributed by atoms with Crippen LogP contribution in [0.25, 0.3) is 10.9 Å². The number of benzene rings is 1. The number of amides is 1. The first-order chi connectivity index (χ1) is 8.65. The van der Waals surface area contributed by atoms with E-state index < -0.39 is 0 Å². The molecule has 0 saturated carbocycles. The number of anilines is 1. The van der Waals surface area contributed by atoms with E-state index in [4.69, 9.17) is 10.5 Å². The van der Waals surface area contributed by atoms with E-state index in [1.807, 2.05) is 19.1 Å². The van der Waals surface area contributed by atoms with E-state index >= 15 is 0 Å². The number of nitrogens with two attached hydrogens (primary N) is 1. The molecule has 3 N–H and O–H groups in total. The molecule has 0 bridgehead atoms. The molecule has 3 rings (SSSR count). The molecule has 0 saturated heterocycles. The molecule has 2 heterocycles. The number of fused-ring (bicyclic) bond motifs is 3. The Hall–Kier alpha value is -1.79. The molecule has 102 valence electrons. The molecule has 1 amide bonds. The van der Waals surface area contributed by atoms with Crippen LogP contribution in [-0.2, 0) is 11.3 Å². The smallest absolute Gasteiger partial charge is 0.262 e. The topological polar surface area (TPSA) is 82.2 Å². The minimum Gasteiger partial charge on any atom is -0.481 e. The Morgan fingerprint density at radius 2 is 2.37 bits per heavy atom. The second kappa shape index (κ2) is 5.07. The van der Waals surface area contributed by atoms with Gasteiger partial charge in [0.1, 0.15) is 11.4 Å². The zero-order valence-electron chi connectivity index (χ0n) is 10.4. The van der Waals surface area contributed by atoms with E-state index in [0.29, 0.717) is 18.0 Å². The van der Waals surface area contributed by atoms with Crippen molar-refractivity contribution in [2.45, 2.75) is 19.5 Å². The largest absolute Gasteiger partial charge is 0.481 e. The molecule has 0 radical (unpaired) electrons. The Labute approximate surface area is 116 Å². The van der Waals surface area contributed by atoms with Gasteiger partial charge in [0.15, 0.2) is 6.61 Å². The Bertz CT molecular complexity index is 623. The highest BCUT2D eigenvalue weighted by Gasteiger charge is 2.21. The summed E-state index contributed by atoms with van der Waals surface area (Å²) in [6.45, 7) is 2.56. The lowest BCUT2D eigenvalue weighted by Crippen LogP contribution is -2.27. The monoisotopic (exact) mass is 282 g/mol. The van der Waals surface area contributed by atoms with Crippen LogP contribution < -0.4 is 15.8 Å². The van der Waals surface area contributed by atoms with Gasteiger partial charge in [0.05, 0.1) is 18.3 Å². The van der Waals surface area contributed by atoms with Crippen molar-refractivity contribution >= 4 is 34.9 Å². The maximum Gasteiger partial charge on any atom is 0.262 e. The maximum absolute atomic E-state index is 11.4. The van der Waals surface area contributed by atoms with E-state index in [-0.39, 0.29) is 31.0 Å². The Morgan fingerprint density at radius 1 is 1.58 bits per heavy atom. The van der Waals surface area contributed by atoms with Gasteiger partial charge in [0.25, 0.3) is 5.91 Å². The second-order valence-electron chi connectivity index (χ2n) is 4.52. The molecule has 0 spiro atoms. The fraction of sp³-hybridized carbons (Fsp3) is 0.333. The van der Waals surface area contributed by atoms with Crippen LogP contribution in [0.2, 0.25) is 0 Å². The third-order valence-electron chi connectivity index (χ3n) is 2.85. The predicted octanol–water partition coefficient (Wildman–Crippen LogP) is 1.14.